The van der Waals surface area contributed by atoms with Gasteiger partial charge >= 0.3 is 0 Å². The van der Waals surface area contributed by atoms with Crippen molar-refractivity contribution in [3.8, 4) is 0 Å². The highest BCUT2D eigenvalue weighted by molar-refractivity contribution is 5.19. The third-order valence-corrected chi connectivity index (χ3v) is 1.93. The van der Waals surface area contributed by atoms with Crippen molar-refractivity contribution in [2.45, 2.75) is 19.4 Å². The normalized spacial score (nSPS) is 12.5. The van der Waals surface area contributed by atoms with E-state index in [-0.39, 0.29) is 6.04 Å². The second-order valence-electron chi connectivity index (χ2n) is 2.97. The summed E-state index contributed by atoms with van der Waals surface area (Å²) in [4.78, 5) is 4.12. The van der Waals surface area contributed by atoms with Crippen LogP contribution in [-0.2, 0) is 0 Å². The van der Waals surface area contributed by atoms with E-state index in [1.54, 1.807) is 6.20 Å². The minimum Gasteiger partial charge on any atom is -0.271 e. The quantitative estimate of drug-likeness (QED) is 0.416. The lowest BCUT2D eigenvalue weighted by atomic mass is 10.1. The molecule has 0 spiro atoms. The number of aryl methyl sites for hydroxylation is 1. The highest BCUT2D eigenvalue weighted by atomic mass is 15.2. The Balaban J connectivity index is 2.84. The highest BCUT2D eigenvalue weighted by Gasteiger charge is 2.06. The van der Waals surface area contributed by atoms with Gasteiger partial charge in [-0.15, -0.1) is 6.58 Å². The molecule has 3 N–H and O–H groups in total. The molecule has 3 nitrogen and oxygen atoms in total. The zero-order chi connectivity index (χ0) is 9.68. The maximum absolute atomic E-state index is 5.42. The zero-order valence-corrected chi connectivity index (χ0v) is 7.83. The van der Waals surface area contributed by atoms with Crippen LogP contribution in [0.1, 0.15) is 23.7 Å². The van der Waals surface area contributed by atoms with Gasteiger partial charge in [0.15, 0.2) is 0 Å². The molecule has 0 aliphatic carbocycles. The van der Waals surface area contributed by atoms with E-state index in [1.807, 2.05) is 25.1 Å². The summed E-state index contributed by atoms with van der Waals surface area (Å²) >= 11 is 0. The summed E-state index contributed by atoms with van der Waals surface area (Å²) in [6.07, 6.45) is 4.46. The van der Waals surface area contributed by atoms with E-state index in [4.69, 9.17) is 5.84 Å². The summed E-state index contributed by atoms with van der Waals surface area (Å²) in [6, 6.07) is 4.12. The van der Waals surface area contributed by atoms with Crippen molar-refractivity contribution in [1.29, 1.82) is 0 Å². The van der Waals surface area contributed by atoms with Gasteiger partial charge in [-0.2, -0.15) is 0 Å². The predicted molar refractivity (Wildman–Crippen MR) is 53.9 cm³/mol. The van der Waals surface area contributed by atoms with Crippen molar-refractivity contribution in [2.24, 2.45) is 5.84 Å². The Bertz CT molecular complexity index is 283. The van der Waals surface area contributed by atoms with Gasteiger partial charge in [0.25, 0.3) is 0 Å². The monoisotopic (exact) mass is 177 g/mol. The number of pyridine rings is 1. The minimum absolute atomic E-state index is 0.138. The predicted octanol–water partition coefficient (Wildman–Crippen LogP) is 1.47. The third kappa shape index (κ3) is 2.65. The average molecular weight is 177 g/mol. The lowest BCUT2D eigenvalue weighted by molar-refractivity contribution is 0.560. The Kier molecular flexibility index (Phi) is 3.61. The molecule has 0 radical (unpaired) electrons. The molecule has 13 heavy (non-hydrogen) atoms. The van der Waals surface area contributed by atoms with Gasteiger partial charge in [0, 0.05) is 17.9 Å². The number of rotatable bonds is 4. The van der Waals surface area contributed by atoms with Crippen molar-refractivity contribution < 1.29 is 0 Å². The Labute approximate surface area is 78.6 Å². The van der Waals surface area contributed by atoms with Gasteiger partial charge in [-0.05, 0) is 31.0 Å². The molecule has 0 aliphatic heterocycles. The second-order valence-corrected chi connectivity index (χ2v) is 2.97. The van der Waals surface area contributed by atoms with E-state index in [0.29, 0.717) is 0 Å². The fourth-order valence-electron chi connectivity index (χ4n) is 1.25. The van der Waals surface area contributed by atoms with Crippen LogP contribution in [0, 0.1) is 6.92 Å². The molecule has 0 bridgehead atoms. The number of nitrogens with zero attached hydrogens (tertiary/aromatic N) is 1. The molecule has 0 saturated heterocycles. The molecule has 0 aliphatic rings. The highest BCUT2D eigenvalue weighted by Crippen LogP contribution is 2.15. The number of hydrogen-bond donors (Lipinski definition) is 2. The number of hydrogen-bond acceptors (Lipinski definition) is 3. The second kappa shape index (κ2) is 4.74. The largest absolute Gasteiger partial charge is 0.271 e. The van der Waals surface area contributed by atoms with Gasteiger partial charge in [0.05, 0.1) is 0 Å². The van der Waals surface area contributed by atoms with Crippen LogP contribution in [0.3, 0.4) is 0 Å². The van der Waals surface area contributed by atoms with Crippen LogP contribution >= 0.6 is 0 Å². The maximum atomic E-state index is 5.42. The van der Waals surface area contributed by atoms with Crippen molar-refractivity contribution in [3.05, 3.63) is 42.2 Å². The Morgan fingerprint density at radius 1 is 1.77 bits per heavy atom. The van der Waals surface area contributed by atoms with Crippen LogP contribution < -0.4 is 11.3 Å². The summed E-state index contributed by atoms with van der Waals surface area (Å²) in [5.74, 6) is 5.42. The average Bonchev–Trinajstić information content (AvgIpc) is 2.14. The molecule has 70 valence electrons. The molecular weight excluding hydrogens is 162 g/mol. The first-order valence-electron chi connectivity index (χ1n) is 4.27. The van der Waals surface area contributed by atoms with Gasteiger partial charge in [0.1, 0.15) is 0 Å². The van der Waals surface area contributed by atoms with E-state index < -0.39 is 0 Å². The molecule has 0 aromatic carbocycles. The van der Waals surface area contributed by atoms with Gasteiger partial charge < -0.3 is 0 Å². The van der Waals surface area contributed by atoms with Crippen molar-refractivity contribution in [1.82, 2.24) is 10.4 Å². The molecule has 0 amide bonds. The molecule has 1 aromatic heterocycles. The summed E-state index contributed by atoms with van der Waals surface area (Å²) in [6.45, 7) is 5.65. The van der Waals surface area contributed by atoms with Crippen molar-refractivity contribution in [2.75, 3.05) is 0 Å². The molecule has 3 heteroatoms. The smallest absolute Gasteiger partial charge is 0.0495 e. The first-order chi connectivity index (χ1) is 6.27. The van der Waals surface area contributed by atoms with Gasteiger partial charge in [-0.1, -0.05) is 6.08 Å². The molecule has 0 fully saturated rings. The van der Waals surface area contributed by atoms with Crippen LogP contribution in [0.5, 0.6) is 0 Å². The van der Waals surface area contributed by atoms with Crippen LogP contribution in [-0.4, -0.2) is 4.98 Å². The molecule has 1 aromatic rings. The molecule has 1 rings (SSSR count). The minimum atomic E-state index is 0.138. The molecule has 0 saturated carbocycles. The van der Waals surface area contributed by atoms with Gasteiger partial charge in [0.2, 0.25) is 0 Å². The van der Waals surface area contributed by atoms with Crippen LogP contribution in [0.15, 0.2) is 31.0 Å². The van der Waals surface area contributed by atoms with Crippen LogP contribution in [0.4, 0.5) is 0 Å². The van der Waals surface area contributed by atoms with E-state index in [1.165, 1.54) is 0 Å². The van der Waals surface area contributed by atoms with E-state index >= 15 is 0 Å². The van der Waals surface area contributed by atoms with Crippen LogP contribution in [0.25, 0.3) is 0 Å². The van der Waals surface area contributed by atoms with Crippen LogP contribution in [0.2, 0.25) is 0 Å². The molecule has 1 unspecified atom stereocenters. The molecule has 1 atom stereocenters. The molecule has 1 heterocycles. The summed E-state index contributed by atoms with van der Waals surface area (Å²) in [5.41, 5.74) is 4.90. The SMILES string of the molecule is C=CCC(NN)c1ccnc(C)c1. The third-order valence-electron chi connectivity index (χ3n) is 1.93. The van der Waals surface area contributed by atoms with Crippen molar-refractivity contribution in [3.63, 3.8) is 0 Å². The van der Waals surface area contributed by atoms with E-state index in [0.717, 1.165) is 17.7 Å². The van der Waals surface area contributed by atoms with Crippen molar-refractivity contribution >= 4 is 0 Å². The maximum Gasteiger partial charge on any atom is 0.0495 e. The van der Waals surface area contributed by atoms with Gasteiger partial charge in [-0.25, -0.2) is 0 Å². The summed E-state index contributed by atoms with van der Waals surface area (Å²) < 4.78 is 0. The van der Waals surface area contributed by atoms with E-state index in [2.05, 4.69) is 17.0 Å². The van der Waals surface area contributed by atoms with Gasteiger partial charge in [-0.3, -0.25) is 16.3 Å². The first kappa shape index (κ1) is 9.89. The summed E-state index contributed by atoms with van der Waals surface area (Å²) in [7, 11) is 0. The lowest BCUT2D eigenvalue weighted by Gasteiger charge is -2.13. The lowest BCUT2D eigenvalue weighted by Crippen LogP contribution is -2.27. The Morgan fingerprint density at radius 2 is 2.54 bits per heavy atom. The summed E-state index contributed by atoms with van der Waals surface area (Å²) in [5, 5.41) is 0. The number of nitrogens with two attached hydrogens (primary N) is 1. The molecular formula is C10H15N3. The number of nitrogens with one attached hydrogen (secondary N) is 1. The first-order valence-corrected chi connectivity index (χ1v) is 4.27. The fourth-order valence-corrected chi connectivity index (χ4v) is 1.25. The zero-order valence-electron chi connectivity index (χ0n) is 7.83. The number of aromatic nitrogens is 1. The fraction of sp³-hybridized carbons (Fsp3) is 0.300. The topological polar surface area (TPSA) is 50.9 Å². The van der Waals surface area contributed by atoms with E-state index in [9.17, 15) is 0 Å². The Hall–Kier alpha value is -1.19. The number of hydrazine groups is 1. The standard InChI is InChI=1S/C10H15N3/c1-3-4-10(13-11)9-5-6-12-8(2)7-9/h3,5-7,10,13H,1,4,11H2,2H3. The Morgan fingerprint density at radius 3 is 3.08 bits per heavy atom.